The highest BCUT2D eigenvalue weighted by Crippen LogP contribution is 2.27. The molecule has 0 saturated carbocycles. The molecule has 0 aliphatic heterocycles. The Labute approximate surface area is 124 Å². The summed E-state index contributed by atoms with van der Waals surface area (Å²) in [7, 11) is -4.50. The van der Waals surface area contributed by atoms with Crippen molar-refractivity contribution in [3.8, 4) is 11.4 Å². The van der Waals surface area contributed by atoms with Gasteiger partial charge in [-0.3, -0.25) is 0 Å². The van der Waals surface area contributed by atoms with Crippen molar-refractivity contribution in [1.29, 1.82) is 0 Å². The molecule has 1 aromatic heterocycles. The van der Waals surface area contributed by atoms with Crippen LogP contribution >= 0.6 is 0 Å². The van der Waals surface area contributed by atoms with E-state index < -0.39 is 32.5 Å². The molecule has 2 aromatic rings. The second-order valence-corrected chi connectivity index (χ2v) is 5.65. The van der Waals surface area contributed by atoms with Gasteiger partial charge in [0.05, 0.1) is 5.56 Å². The Bertz CT molecular complexity index is 836. The maximum atomic E-state index is 12.2. The zero-order chi connectivity index (χ0) is 16.3. The molecule has 4 N–H and O–H groups in total. The molecule has 0 saturated heterocycles. The molecule has 114 valence electrons. The molecule has 0 spiro atoms. The molecule has 0 radical (unpaired) electrons. The number of nitrogens with two attached hydrogens (primary N) is 1. The van der Waals surface area contributed by atoms with Gasteiger partial charge in [0.2, 0.25) is 0 Å². The van der Waals surface area contributed by atoms with Crippen LogP contribution in [0.25, 0.3) is 11.4 Å². The summed E-state index contributed by atoms with van der Waals surface area (Å²) in [4.78, 5) is 29.3. The summed E-state index contributed by atoms with van der Waals surface area (Å²) in [5.41, 5.74) is 4.23. The van der Waals surface area contributed by atoms with Crippen LogP contribution in [-0.4, -0.2) is 35.5 Å². The third-order valence-electron chi connectivity index (χ3n) is 2.56. The summed E-state index contributed by atoms with van der Waals surface area (Å²) in [6.45, 7) is 0. The van der Waals surface area contributed by atoms with Crippen molar-refractivity contribution in [2.24, 2.45) is 5.73 Å². The maximum absolute atomic E-state index is 12.2. The standard InChI is InChI=1S/C12H10N4O5S/c13-12(19)16-22(20,21)9-7(10-14-5-2-6-15-10)3-1-4-8(9)11(17)18/h1-6H,(H,17,18)(H3,13,16,19). The number of carbonyl (C=O) groups is 2. The summed E-state index contributed by atoms with van der Waals surface area (Å²) in [6.07, 6.45) is 2.74. The predicted octanol–water partition coefficient (Wildman–Crippen LogP) is 0.199. The summed E-state index contributed by atoms with van der Waals surface area (Å²) < 4.78 is 26.0. The fraction of sp³-hybridized carbons (Fsp3) is 0. The second kappa shape index (κ2) is 5.77. The van der Waals surface area contributed by atoms with E-state index in [1.807, 2.05) is 0 Å². The topological polar surface area (TPSA) is 152 Å². The fourth-order valence-corrected chi connectivity index (χ4v) is 3.05. The average Bonchev–Trinajstić information content (AvgIpc) is 2.46. The minimum Gasteiger partial charge on any atom is -0.478 e. The van der Waals surface area contributed by atoms with E-state index in [-0.39, 0.29) is 11.4 Å². The van der Waals surface area contributed by atoms with Gasteiger partial charge in [0.1, 0.15) is 4.90 Å². The molecule has 0 bridgehead atoms. The molecule has 0 fully saturated rings. The van der Waals surface area contributed by atoms with Gasteiger partial charge in [0, 0.05) is 18.0 Å². The number of aromatic carboxylic acids is 1. The van der Waals surface area contributed by atoms with E-state index in [2.05, 4.69) is 9.97 Å². The van der Waals surface area contributed by atoms with Crippen molar-refractivity contribution in [3.63, 3.8) is 0 Å². The van der Waals surface area contributed by atoms with Gasteiger partial charge >= 0.3 is 12.0 Å². The average molecular weight is 322 g/mol. The smallest absolute Gasteiger partial charge is 0.337 e. The zero-order valence-electron chi connectivity index (χ0n) is 10.9. The number of nitrogens with one attached hydrogen (secondary N) is 1. The number of hydrogen-bond donors (Lipinski definition) is 3. The number of carboxylic acids is 1. The van der Waals surface area contributed by atoms with Crippen LogP contribution in [0.15, 0.2) is 41.6 Å². The lowest BCUT2D eigenvalue weighted by Gasteiger charge is -2.12. The van der Waals surface area contributed by atoms with Gasteiger partial charge in [-0.1, -0.05) is 6.07 Å². The number of sulfonamides is 1. The van der Waals surface area contributed by atoms with Crippen LogP contribution < -0.4 is 10.5 Å². The summed E-state index contributed by atoms with van der Waals surface area (Å²) in [6, 6.07) is 3.95. The molecule has 0 atom stereocenters. The predicted molar refractivity (Wildman–Crippen MR) is 74.3 cm³/mol. The van der Waals surface area contributed by atoms with Crippen LogP contribution in [-0.2, 0) is 10.0 Å². The van der Waals surface area contributed by atoms with Crippen LogP contribution in [0.4, 0.5) is 4.79 Å². The van der Waals surface area contributed by atoms with Gasteiger partial charge in [0.15, 0.2) is 5.82 Å². The number of urea groups is 1. The quantitative estimate of drug-likeness (QED) is 0.726. The summed E-state index contributed by atoms with van der Waals surface area (Å²) in [5, 5.41) is 9.19. The number of hydrogen-bond acceptors (Lipinski definition) is 6. The molecular weight excluding hydrogens is 312 g/mol. The van der Waals surface area contributed by atoms with E-state index in [1.165, 1.54) is 35.3 Å². The SMILES string of the molecule is NC(=O)NS(=O)(=O)c1c(C(=O)O)cccc1-c1ncccn1. The number of carboxylic acid groups (broad SMARTS) is 1. The third kappa shape index (κ3) is 3.01. The minimum atomic E-state index is -4.50. The van der Waals surface area contributed by atoms with Gasteiger partial charge in [-0.2, -0.15) is 0 Å². The third-order valence-corrected chi connectivity index (χ3v) is 4.00. The van der Waals surface area contributed by atoms with Crippen LogP contribution in [0.3, 0.4) is 0 Å². The van der Waals surface area contributed by atoms with Crippen molar-refractivity contribution in [3.05, 3.63) is 42.2 Å². The number of amides is 2. The Morgan fingerprint density at radius 2 is 1.77 bits per heavy atom. The first-order valence-electron chi connectivity index (χ1n) is 5.79. The number of carbonyl (C=O) groups excluding carboxylic acids is 1. The highest BCUT2D eigenvalue weighted by molar-refractivity contribution is 7.90. The van der Waals surface area contributed by atoms with Gasteiger partial charge in [-0.05, 0) is 18.2 Å². The monoisotopic (exact) mass is 322 g/mol. The first-order chi connectivity index (χ1) is 10.3. The molecule has 1 aromatic carbocycles. The molecular formula is C12H10N4O5S. The highest BCUT2D eigenvalue weighted by Gasteiger charge is 2.28. The lowest BCUT2D eigenvalue weighted by Crippen LogP contribution is -2.36. The van der Waals surface area contributed by atoms with Gasteiger partial charge < -0.3 is 10.8 Å². The number of primary amides is 1. The van der Waals surface area contributed by atoms with Crippen LogP contribution in [0, 0.1) is 0 Å². The maximum Gasteiger partial charge on any atom is 0.337 e. The molecule has 0 aliphatic rings. The Kier molecular flexibility index (Phi) is 4.04. The minimum absolute atomic E-state index is 0.00422. The second-order valence-electron chi connectivity index (χ2n) is 4.03. The molecule has 22 heavy (non-hydrogen) atoms. The number of aromatic nitrogens is 2. The van der Waals surface area contributed by atoms with Gasteiger partial charge in [-0.25, -0.2) is 32.7 Å². The largest absolute Gasteiger partial charge is 0.478 e. The highest BCUT2D eigenvalue weighted by atomic mass is 32.2. The lowest BCUT2D eigenvalue weighted by molar-refractivity contribution is 0.0692. The molecule has 2 rings (SSSR count). The lowest BCUT2D eigenvalue weighted by atomic mass is 10.1. The van der Waals surface area contributed by atoms with E-state index in [4.69, 9.17) is 5.73 Å². The molecule has 2 amide bonds. The Balaban J connectivity index is 2.79. The van der Waals surface area contributed by atoms with Crippen molar-refractivity contribution >= 4 is 22.0 Å². The molecule has 0 unspecified atom stereocenters. The van der Waals surface area contributed by atoms with Crippen molar-refractivity contribution in [2.45, 2.75) is 4.90 Å². The Hall–Kier alpha value is -3.01. The van der Waals surface area contributed by atoms with E-state index in [0.717, 1.165) is 6.07 Å². The summed E-state index contributed by atoms with van der Waals surface area (Å²) >= 11 is 0. The molecule has 9 nitrogen and oxygen atoms in total. The normalized spacial score (nSPS) is 10.9. The van der Waals surface area contributed by atoms with Gasteiger partial charge in [-0.15, -0.1) is 0 Å². The van der Waals surface area contributed by atoms with Crippen LogP contribution in [0.5, 0.6) is 0 Å². The number of benzene rings is 1. The zero-order valence-corrected chi connectivity index (χ0v) is 11.7. The van der Waals surface area contributed by atoms with Crippen molar-refractivity contribution < 1.29 is 23.1 Å². The summed E-state index contributed by atoms with van der Waals surface area (Å²) in [5.74, 6) is -1.49. The van der Waals surface area contributed by atoms with E-state index in [9.17, 15) is 23.1 Å². The number of nitrogens with zero attached hydrogens (tertiary/aromatic N) is 2. The van der Waals surface area contributed by atoms with Crippen LogP contribution in [0.2, 0.25) is 0 Å². The number of rotatable bonds is 4. The van der Waals surface area contributed by atoms with Crippen molar-refractivity contribution in [1.82, 2.24) is 14.7 Å². The molecule has 1 heterocycles. The first-order valence-corrected chi connectivity index (χ1v) is 7.27. The van der Waals surface area contributed by atoms with E-state index >= 15 is 0 Å². The van der Waals surface area contributed by atoms with Gasteiger partial charge in [0.25, 0.3) is 10.0 Å². The Morgan fingerprint density at radius 1 is 1.14 bits per heavy atom. The molecule has 10 heteroatoms. The van der Waals surface area contributed by atoms with E-state index in [1.54, 1.807) is 0 Å². The van der Waals surface area contributed by atoms with Crippen molar-refractivity contribution in [2.75, 3.05) is 0 Å². The van der Waals surface area contributed by atoms with Crippen LogP contribution in [0.1, 0.15) is 10.4 Å². The Morgan fingerprint density at radius 3 is 2.32 bits per heavy atom. The molecule has 0 aliphatic carbocycles. The first kappa shape index (κ1) is 15.4. The van der Waals surface area contributed by atoms with E-state index in [0.29, 0.717) is 0 Å². The fourth-order valence-electron chi connectivity index (χ4n) is 1.79.